The van der Waals surface area contributed by atoms with Crippen LogP contribution >= 0.6 is 0 Å². The van der Waals surface area contributed by atoms with Crippen LogP contribution in [-0.4, -0.2) is 47.7 Å². The van der Waals surface area contributed by atoms with E-state index < -0.39 is 11.9 Å². The molecule has 6 nitrogen and oxygen atoms in total. The van der Waals surface area contributed by atoms with Crippen LogP contribution in [-0.2, 0) is 4.79 Å². The number of hydrogen-bond acceptors (Lipinski definition) is 4. The largest absolute Gasteiger partial charge is 0.396 e. The van der Waals surface area contributed by atoms with Crippen LogP contribution in [0.5, 0.6) is 0 Å². The molecule has 0 unspecified atom stereocenters. The first kappa shape index (κ1) is 13.9. The number of urea groups is 1. The van der Waals surface area contributed by atoms with E-state index in [1.807, 2.05) is 24.1 Å². The molecule has 0 heterocycles. The highest BCUT2D eigenvalue weighted by molar-refractivity contribution is 5.94. The summed E-state index contributed by atoms with van der Waals surface area (Å²) in [6.07, 6.45) is 0.599. The fraction of sp³-hybridized carbons (Fsp3) is 0.778. The van der Waals surface area contributed by atoms with Crippen molar-refractivity contribution in [3.8, 4) is 0 Å². The number of imide groups is 1. The zero-order chi connectivity index (χ0) is 11.8. The van der Waals surface area contributed by atoms with Crippen molar-refractivity contribution >= 4 is 11.9 Å². The molecule has 0 aromatic rings. The highest BCUT2D eigenvalue weighted by atomic mass is 16.3. The number of hydrogen-bond donors (Lipinski definition) is 3. The molecular weight excluding hydrogens is 198 g/mol. The summed E-state index contributed by atoms with van der Waals surface area (Å²) in [6, 6.07) is -0.666. The van der Waals surface area contributed by atoms with Gasteiger partial charge < -0.3 is 10.8 Å². The minimum absolute atomic E-state index is 0.0840. The van der Waals surface area contributed by atoms with Gasteiger partial charge in [0.05, 0.1) is 6.54 Å². The van der Waals surface area contributed by atoms with Crippen molar-refractivity contribution in [2.24, 2.45) is 5.73 Å². The normalized spacial score (nSPS) is 10.7. The van der Waals surface area contributed by atoms with Crippen LogP contribution in [0, 0.1) is 0 Å². The van der Waals surface area contributed by atoms with E-state index in [0.29, 0.717) is 13.0 Å². The standard InChI is InChI=1S/C9H19N3O3/c1-7(2)12(4-3-5-13)6-8(14)11-9(10)15/h7,13H,3-6H2,1-2H3,(H3,10,11,14,15). The second-order valence-electron chi connectivity index (χ2n) is 3.55. The lowest BCUT2D eigenvalue weighted by Gasteiger charge is -2.24. The summed E-state index contributed by atoms with van der Waals surface area (Å²) in [4.78, 5) is 23.5. The molecule has 0 rings (SSSR count). The summed E-state index contributed by atoms with van der Waals surface area (Å²) in [7, 11) is 0. The molecular formula is C9H19N3O3. The molecule has 0 aromatic heterocycles. The molecule has 0 aliphatic heterocycles. The second-order valence-corrected chi connectivity index (χ2v) is 3.55. The van der Waals surface area contributed by atoms with Gasteiger partial charge in [0.15, 0.2) is 0 Å². The number of carbonyl (C=O) groups excluding carboxylic acids is 2. The molecule has 0 aliphatic rings. The Morgan fingerprint density at radius 3 is 2.47 bits per heavy atom. The molecule has 0 bridgehead atoms. The Morgan fingerprint density at radius 2 is 2.07 bits per heavy atom. The zero-order valence-corrected chi connectivity index (χ0v) is 9.19. The third kappa shape index (κ3) is 6.87. The second kappa shape index (κ2) is 7.19. The summed E-state index contributed by atoms with van der Waals surface area (Å²) in [5, 5.41) is 10.7. The van der Waals surface area contributed by atoms with E-state index in [-0.39, 0.29) is 19.2 Å². The Balaban J connectivity index is 4.04. The fourth-order valence-electron chi connectivity index (χ4n) is 1.16. The van der Waals surface area contributed by atoms with Gasteiger partial charge in [0.1, 0.15) is 0 Å². The lowest BCUT2D eigenvalue weighted by molar-refractivity contribution is -0.121. The number of aliphatic hydroxyl groups excluding tert-OH is 1. The molecule has 4 N–H and O–H groups in total. The Morgan fingerprint density at radius 1 is 1.47 bits per heavy atom. The molecule has 6 heteroatoms. The molecule has 0 aromatic carbocycles. The maximum absolute atomic E-state index is 11.2. The van der Waals surface area contributed by atoms with Gasteiger partial charge in [0, 0.05) is 19.2 Å². The predicted octanol–water partition coefficient (Wildman–Crippen LogP) is -0.726. The third-order valence-electron chi connectivity index (χ3n) is 1.94. The Bertz CT molecular complexity index is 219. The summed E-state index contributed by atoms with van der Waals surface area (Å²) in [5.74, 6) is -0.422. The maximum atomic E-state index is 11.2. The Hall–Kier alpha value is -1.14. The van der Waals surface area contributed by atoms with Crippen molar-refractivity contribution in [3.63, 3.8) is 0 Å². The van der Waals surface area contributed by atoms with Crippen molar-refractivity contribution in [1.82, 2.24) is 10.2 Å². The highest BCUT2D eigenvalue weighted by Crippen LogP contribution is 1.98. The van der Waals surface area contributed by atoms with E-state index in [9.17, 15) is 9.59 Å². The van der Waals surface area contributed by atoms with Crippen molar-refractivity contribution in [1.29, 1.82) is 0 Å². The lowest BCUT2D eigenvalue weighted by atomic mass is 10.3. The van der Waals surface area contributed by atoms with Gasteiger partial charge in [-0.2, -0.15) is 0 Å². The summed E-state index contributed by atoms with van der Waals surface area (Å²) < 4.78 is 0. The van der Waals surface area contributed by atoms with Crippen LogP contribution in [0.15, 0.2) is 0 Å². The number of nitrogens with one attached hydrogen (secondary N) is 1. The summed E-state index contributed by atoms with van der Waals surface area (Å²) in [5.41, 5.74) is 4.82. The minimum atomic E-state index is -0.842. The molecule has 0 fully saturated rings. The first-order valence-electron chi connectivity index (χ1n) is 4.91. The molecule has 0 radical (unpaired) electrons. The first-order chi connectivity index (χ1) is 6.97. The monoisotopic (exact) mass is 217 g/mol. The maximum Gasteiger partial charge on any atom is 0.318 e. The smallest absolute Gasteiger partial charge is 0.318 e. The zero-order valence-electron chi connectivity index (χ0n) is 9.19. The Kier molecular flexibility index (Phi) is 6.64. The third-order valence-corrected chi connectivity index (χ3v) is 1.94. The van der Waals surface area contributed by atoms with E-state index in [1.54, 1.807) is 0 Å². The van der Waals surface area contributed by atoms with Gasteiger partial charge in [-0.05, 0) is 20.3 Å². The molecule has 15 heavy (non-hydrogen) atoms. The van der Waals surface area contributed by atoms with Crippen molar-refractivity contribution in [2.75, 3.05) is 19.7 Å². The van der Waals surface area contributed by atoms with E-state index >= 15 is 0 Å². The molecule has 0 saturated carbocycles. The van der Waals surface area contributed by atoms with Gasteiger partial charge in [-0.25, -0.2) is 4.79 Å². The fourth-order valence-corrected chi connectivity index (χ4v) is 1.16. The molecule has 0 spiro atoms. The van der Waals surface area contributed by atoms with Gasteiger partial charge in [-0.15, -0.1) is 0 Å². The number of amides is 3. The number of carbonyl (C=O) groups is 2. The highest BCUT2D eigenvalue weighted by Gasteiger charge is 2.14. The topological polar surface area (TPSA) is 95.7 Å². The number of nitrogens with two attached hydrogens (primary N) is 1. The van der Waals surface area contributed by atoms with Crippen LogP contribution in [0.1, 0.15) is 20.3 Å². The quantitative estimate of drug-likeness (QED) is 0.547. The van der Waals surface area contributed by atoms with Gasteiger partial charge in [0.2, 0.25) is 5.91 Å². The van der Waals surface area contributed by atoms with Gasteiger partial charge in [-0.3, -0.25) is 15.0 Å². The van der Waals surface area contributed by atoms with E-state index in [2.05, 4.69) is 0 Å². The average molecular weight is 217 g/mol. The first-order valence-corrected chi connectivity index (χ1v) is 4.91. The SMILES string of the molecule is CC(C)N(CCCO)CC(=O)NC(N)=O. The van der Waals surface area contributed by atoms with E-state index in [1.165, 1.54) is 0 Å². The molecule has 0 atom stereocenters. The number of nitrogens with zero attached hydrogens (tertiary/aromatic N) is 1. The lowest BCUT2D eigenvalue weighted by Crippen LogP contribution is -2.44. The van der Waals surface area contributed by atoms with Gasteiger partial charge in [0.25, 0.3) is 0 Å². The summed E-state index contributed by atoms with van der Waals surface area (Å²) in [6.45, 7) is 4.69. The number of rotatable bonds is 6. The average Bonchev–Trinajstić information content (AvgIpc) is 2.10. The van der Waals surface area contributed by atoms with Crippen LogP contribution in [0.2, 0.25) is 0 Å². The predicted molar refractivity (Wildman–Crippen MR) is 56.1 cm³/mol. The number of aliphatic hydroxyl groups is 1. The molecule has 3 amide bonds. The summed E-state index contributed by atoms with van der Waals surface area (Å²) >= 11 is 0. The number of primary amides is 1. The Labute approximate surface area is 89.4 Å². The van der Waals surface area contributed by atoms with Gasteiger partial charge >= 0.3 is 6.03 Å². The van der Waals surface area contributed by atoms with Gasteiger partial charge in [-0.1, -0.05) is 0 Å². The van der Waals surface area contributed by atoms with Crippen LogP contribution in [0.3, 0.4) is 0 Å². The van der Waals surface area contributed by atoms with Crippen molar-refractivity contribution < 1.29 is 14.7 Å². The van der Waals surface area contributed by atoms with Crippen molar-refractivity contribution in [2.45, 2.75) is 26.3 Å². The minimum Gasteiger partial charge on any atom is -0.396 e. The van der Waals surface area contributed by atoms with E-state index in [0.717, 1.165) is 0 Å². The molecule has 0 aliphatic carbocycles. The molecule has 0 saturated heterocycles. The van der Waals surface area contributed by atoms with Crippen LogP contribution in [0.25, 0.3) is 0 Å². The van der Waals surface area contributed by atoms with Crippen LogP contribution in [0.4, 0.5) is 4.79 Å². The van der Waals surface area contributed by atoms with Crippen LogP contribution < -0.4 is 11.1 Å². The van der Waals surface area contributed by atoms with Crippen molar-refractivity contribution in [3.05, 3.63) is 0 Å². The molecule has 88 valence electrons. The van der Waals surface area contributed by atoms with E-state index in [4.69, 9.17) is 10.8 Å².